The summed E-state index contributed by atoms with van der Waals surface area (Å²) in [5.41, 5.74) is 3.18. The second kappa shape index (κ2) is 11.1. The summed E-state index contributed by atoms with van der Waals surface area (Å²) in [5, 5.41) is 12.3. The zero-order valence-corrected chi connectivity index (χ0v) is 26.4. The number of methoxy groups -OCH3 is 1. The highest BCUT2D eigenvalue weighted by Gasteiger charge is 2.68. The van der Waals surface area contributed by atoms with Crippen LogP contribution in [0.5, 0.6) is 5.75 Å². The highest BCUT2D eigenvalue weighted by Crippen LogP contribution is 2.66. The van der Waals surface area contributed by atoms with Crippen molar-refractivity contribution >= 4 is 38.6 Å². The monoisotopic (exact) mass is 677 g/mol. The number of alkyl halides is 3. The van der Waals surface area contributed by atoms with Crippen molar-refractivity contribution in [1.82, 2.24) is 24.1 Å². The number of sulfonamides is 1. The number of carboxylic acid groups (broad SMARTS) is 1. The van der Waals surface area contributed by atoms with E-state index in [2.05, 4.69) is 15.1 Å². The number of aromatic amines is 1. The van der Waals surface area contributed by atoms with Gasteiger partial charge in [0, 0.05) is 64.4 Å². The van der Waals surface area contributed by atoms with E-state index in [1.807, 2.05) is 42.1 Å². The van der Waals surface area contributed by atoms with Crippen LogP contribution in [0.1, 0.15) is 36.4 Å². The number of likely N-dealkylation sites (N-methyl/N-ethyl adjacent to an activating group) is 1. The molecular weight excluding hydrogens is 641 g/mol. The van der Waals surface area contributed by atoms with E-state index >= 15 is 0 Å². The normalized spacial score (nSPS) is 19.3. The first kappa shape index (κ1) is 28.8. The number of carbonyl (C=O) groups excluding carboxylic acids is 1. The second-order valence-corrected chi connectivity index (χ2v) is 14.2. The molecule has 1 amide bonds. The summed E-state index contributed by atoms with van der Waals surface area (Å²) in [5.74, 6) is -2.54. The fraction of sp³-hybridized carbons (Fsp3) is 0.419. The zero-order valence-electron chi connectivity index (χ0n) is 28.6. The van der Waals surface area contributed by atoms with Gasteiger partial charge in [0.2, 0.25) is 15.9 Å². The molecule has 2 aliphatic heterocycles. The van der Waals surface area contributed by atoms with Crippen molar-refractivity contribution in [3.05, 3.63) is 48.4 Å². The van der Waals surface area contributed by atoms with Gasteiger partial charge in [-0.1, -0.05) is 12.1 Å². The van der Waals surface area contributed by atoms with Crippen molar-refractivity contribution in [2.45, 2.75) is 44.8 Å². The molecule has 2 N–H and O–H groups in total. The average molecular weight is 678 g/mol. The highest BCUT2D eigenvalue weighted by atomic mass is 32.2. The molecule has 3 aromatic heterocycles. The van der Waals surface area contributed by atoms with Gasteiger partial charge in [0.1, 0.15) is 11.4 Å². The van der Waals surface area contributed by atoms with Crippen LogP contribution in [0.4, 0.5) is 18.9 Å². The highest BCUT2D eigenvalue weighted by molar-refractivity contribution is 7.89. The van der Waals surface area contributed by atoms with Gasteiger partial charge in [-0.15, -0.1) is 0 Å². The van der Waals surface area contributed by atoms with Crippen molar-refractivity contribution in [3.8, 4) is 28.1 Å². The maximum Gasteiger partial charge on any atom is 0.490 e. The van der Waals surface area contributed by atoms with Crippen LogP contribution in [0.2, 0.25) is 0 Å². The molecule has 2 spiro atoms. The number of benzene rings is 1. The number of anilines is 1. The summed E-state index contributed by atoms with van der Waals surface area (Å²) in [6.45, 7) is 2.24. The standard InChI is InChI=1S/C29H32N6O4S.C2HF3O2/c1-5-34-13-19(11-31-34)25-22(18-7-9-20(39-4)10-8-18)23-24-21(12-30-26(23)32-25)33(3)27(36)29(24)14-28(15-29)16-35(17-28)40(37,38)6-2;3-2(4,5)1(6)7/h7-13H,5-6,14-17H2,1-4H3,(H,30,32);(H,6,7)/i3D3;. The molecule has 0 unspecified atom stereocenters. The maximum absolute atomic E-state index is 14.2. The predicted molar refractivity (Wildman–Crippen MR) is 166 cm³/mol. The minimum absolute atomic E-state index is 0.0149. The number of hydrogen-bond donors (Lipinski definition) is 2. The number of hydrogen-bond acceptors (Lipinski definition) is 7. The summed E-state index contributed by atoms with van der Waals surface area (Å²) in [6.07, 6.45) is 0.826. The van der Waals surface area contributed by atoms with Crippen LogP contribution in [-0.4, -0.2) is 88.6 Å². The number of carbonyl (C=O) groups is 2. The van der Waals surface area contributed by atoms with Gasteiger partial charge in [-0.25, -0.2) is 22.5 Å². The Morgan fingerprint density at radius 2 is 1.81 bits per heavy atom. The van der Waals surface area contributed by atoms with Crippen LogP contribution in [-0.2, 0) is 31.6 Å². The van der Waals surface area contributed by atoms with E-state index in [9.17, 15) is 26.4 Å². The third-order valence-electron chi connectivity index (χ3n) is 9.14. The number of ether oxygens (including phenoxy) is 1. The molecular formula is C31H33F3N6O6S. The lowest BCUT2D eigenvalue weighted by Crippen LogP contribution is -2.69. The number of H-pyrrole nitrogens is 1. The molecule has 2 fully saturated rings. The molecule has 1 aliphatic carbocycles. The maximum atomic E-state index is 14.2. The quantitative estimate of drug-likeness (QED) is 0.305. The Morgan fingerprint density at radius 3 is 2.34 bits per heavy atom. The lowest BCUT2D eigenvalue weighted by Gasteiger charge is -2.62. The summed E-state index contributed by atoms with van der Waals surface area (Å²) in [7, 11) is -1.75. The van der Waals surface area contributed by atoms with Crippen molar-refractivity contribution < 1.29 is 45.1 Å². The lowest BCUT2D eigenvalue weighted by molar-refractivity contribution is -0.192. The van der Waals surface area contributed by atoms with Crippen LogP contribution in [0, 0.1) is 5.41 Å². The number of nitrogens with one attached hydrogen (secondary N) is 1. The third-order valence-corrected chi connectivity index (χ3v) is 10.9. The van der Waals surface area contributed by atoms with Crippen molar-refractivity contribution in [2.75, 3.05) is 37.8 Å². The van der Waals surface area contributed by atoms with Crippen molar-refractivity contribution in [3.63, 3.8) is 0 Å². The molecule has 3 aliphatic rings. The number of carboxylic acids is 1. The number of nitrogens with zero attached hydrogens (tertiary/aromatic N) is 5. The van der Waals surface area contributed by atoms with Gasteiger partial charge in [0.15, 0.2) is 0 Å². The Kier molecular flexibility index (Phi) is 6.78. The first-order valence-electron chi connectivity index (χ1n) is 16.2. The van der Waals surface area contributed by atoms with E-state index < -0.39 is 40.5 Å². The number of aromatic nitrogens is 4. The Bertz CT molecular complexity index is 2100. The molecule has 0 radical (unpaired) electrons. The zero-order chi connectivity index (χ0) is 36.6. The minimum atomic E-state index is -5.08. The molecule has 47 heavy (non-hydrogen) atoms. The number of pyridine rings is 1. The molecule has 0 bridgehead atoms. The number of rotatable bonds is 6. The molecule has 4 aromatic rings. The van der Waals surface area contributed by atoms with Crippen LogP contribution < -0.4 is 9.64 Å². The first-order chi connectivity index (χ1) is 23.3. The number of aliphatic carboxylic acids is 1. The Hall–Kier alpha value is -4.44. The minimum Gasteiger partial charge on any atom is -0.497 e. The smallest absolute Gasteiger partial charge is 0.490 e. The van der Waals surface area contributed by atoms with E-state index in [4.69, 9.17) is 18.8 Å². The van der Waals surface area contributed by atoms with Gasteiger partial charge < -0.3 is 19.7 Å². The lowest BCUT2D eigenvalue weighted by atomic mass is 9.48. The fourth-order valence-corrected chi connectivity index (χ4v) is 8.33. The largest absolute Gasteiger partial charge is 0.497 e. The van der Waals surface area contributed by atoms with Crippen LogP contribution in [0.15, 0.2) is 42.9 Å². The van der Waals surface area contributed by atoms with E-state index in [-0.39, 0.29) is 16.9 Å². The molecule has 16 heteroatoms. The Morgan fingerprint density at radius 1 is 1.15 bits per heavy atom. The SMILES string of the molecule is O=C(O)C(F)(F)F.[2H]C([2H])([2H])N1C(=O)C2(CC3(CN(S(=O)(=O)CC)C3)C2)c2c1cnc1[nH]c(-c3cnn(CC)c3)c(-c3ccc(OC)cc3)c21. The molecule has 7 rings (SSSR count). The Balaban J connectivity index is 0.000000561. The van der Waals surface area contributed by atoms with Gasteiger partial charge in [0.25, 0.3) is 0 Å². The van der Waals surface area contributed by atoms with Crippen molar-refractivity contribution in [2.24, 2.45) is 5.41 Å². The number of halogens is 3. The van der Waals surface area contributed by atoms with Gasteiger partial charge in [-0.2, -0.15) is 18.3 Å². The second-order valence-electron chi connectivity index (χ2n) is 12.0. The summed E-state index contributed by atoms with van der Waals surface area (Å²) in [4.78, 5) is 32.2. The number of fused-ring (bicyclic) bond motifs is 4. The Labute approximate surface area is 272 Å². The van der Waals surface area contributed by atoms with Crippen LogP contribution in [0.3, 0.4) is 0 Å². The van der Waals surface area contributed by atoms with Crippen molar-refractivity contribution in [1.29, 1.82) is 0 Å². The number of aryl methyl sites for hydroxylation is 1. The molecule has 12 nitrogen and oxygen atoms in total. The van der Waals surface area contributed by atoms with E-state index in [1.165, 1.54) is 10.5 Å². The fourth-order valence-electron chi connectivity index (χ4n) is 7.02. The molecule has 1 saturated heterocycles. The van der Waals surface area contributed by atoms with Crippen LogP contribution >= 0.6 is 0 Å². The third kappa shape index (κ3) is 5.13. The summed E-state index contributed by atoms with van der Waals surface area (Å²) < 4.78 is 90.3. The van der Waals surface area contributed by atoms with E-state index in [0.29, 0.717) is 54.8 Å². The van der Waals surface area contributed by atoms with Gasteiger partial charge in [-0.05, 0) is 44.4 Å². The molecule has 250 valence electrons. The van der Waals surface area contributed by atoms with Gasteiger partial charge in [0.05, 0.1) is 42.1 Å². The van der Waals surface area contributed by atoms with Crippen LogP contribution in [0.25, 0.3) is 33.4 Å². The average Bonchev–Trinajstić information content (AvgIpc) is 3.70. The molecule has 0 atom stereocenters. The summed E-state index contributed by atoms with van der Waals surface area (Å²) in [6, 6.07) is 7.58. The summed E-state index contributed by atoms with van der Waals surface area (Å²) >= 11 is 0. The molecule has 1 aromatic carbocycles. The topological polar surface area (TPSA) is 151 Å². The number of amides is 1. The molecule has 5 heterocycles. The predicted octanol–water partition coefficient (Wildman–Crippen LogP) is 4.41. The van der Waals surface area contributed by atoms with E-state index in [0.717, 1.165) is 27.3 Å². The van der Waals surface area contributed by atoms with Gasteiger partial charge in [-0.3, -0.25) is 9.48 Å². The van der Waals surface area contributed by atoms with Gasteiger partial charge >= 0.3 is 12.1 Å². The molecule has 1 saturated carbocycles. The van der Waals surface area contributed by atoms with E-state index in [1.54, 1.807) is 20.2 Å². The first-order valence-corrected chi connectivity index (χ1v) is 16.3.